The fraction of sp³-hybridized carbons (Fsp3) is 0.923. The van der Waals surface area contributed by atoms with Gasteiger partial charge in [0.05, 0.1) is 5.84 Å². The first-order valence-electron chi connectivity index (χ1n) is 6.44. The van der Waals surface area contributed by atoms with E-state index in [1.807, 2.05) is 13.8 Å². The highest BCUT2D eigenvalue weighted by Crippen LogP contribution is 2.29. The molecule has 0 aliphatic heterocycles. The summed E-state index contributed by atoms with van der Waals surface area (Å²) in [5, 5.41) is 7.44. The largest absolute Gasteiger partial charge is 0.387 e. The molecule has 3 nitrogen and oxygen atoms in total. The minimum absolute atomic E-state index is 0.169. The minimum Gasteiger partial charge on any atom is -0.387 e. The van der Waals surface area contributed by atoms with E-state index in [2.05, 4.69) is 0 Å². The van der Waals surface area contributed by atoms with E-state index in [1.165, 1.54) is 25.7 Å². The van der Waals surface area contributed by atoms with Gasteiger partial charge >= 0.3 is 0 Å². The summed E-state index contributed by atoms with van der Waals surface area (Å²) < 4.78 is 5.60. The molecule has 3 N–H and O–H groups in total. The van der Waals surface area contributed by atoms with Crippen molar-refractivity contribution in [3.63, 3.8) is 0 Å². The zero-order chi connectivity index (χ0) is 12.0. The van der Waals surface area contributed by atoms with Gasteiger partial charge in [-0.1, -0.05) is 33.1 Å². The average Bonchev–Trinajstić information content (AvgIpc) is 2.13. The number of rotatable bonds is 8. The van der Waals surface area contributed by atoms with E-state index in [0.717, 1.165) is 32.0 Å². The molecular weight excluding hydrogens is 200 g/mol. The van der Waals surface area contributed by atoms with Crippen LogP contribution in [0.4, 0.5) is 0 Å². The summed E-state index contributed by atoms with van der Waals surface area (Å²) in [6.07, 6.45) is 7.39. The van der Waals surface area contributed by atoms with Gasteiger partial charge in [-0.25, -0.2) is 0 Å². The number of hydrogen-bond donors (Lipinski definition) is 2. The minimum atomic E-state index is -0.169. The summed E-state index contributed by atoms with van der Waals surface area (Å²) in [5.41, 5.74) is 5.35. The van der Waals surface area contributed by atoms with Gasteiger partial charge in [0.25, 0.3) is 0 Å². The van der Waals surface area contributed by atoms with E-state index >= 15 is 0 Å². The highest BCUT2D eigenvalue weighted by atomic mass is 16.5. The Morgan fingerprint density at radius 2 is 2.06 bits per heavy atom. The van der Waals surface area contributed by atoms with Gasteiger partial charge in [-0.15, -0.1) is 0 Å². The van der Waals surface area contributed by atoms with Crippen molar-refractivity contribution in [1.29, 1.82) is 5.41 Å². The Kier molecular flexibility index (Phi) is 5.26. The van der Waals surface area contributed by atoms with Crippen molar-refractivity contribution in [2.24, 2.45) is 17.1 Å². The van der Waals surface area contributed by atoms with Gasteiger partial charge in [0.2, 0.25) is 0 Å². The van der Waals surface area contributed by atoms with Crippen molar-refractivity contribution in [2.45, 2.75) is 52.4 Å². The van der Waals surface area contributed by atoms with Crippen LogP contribution in [-0.4, -0.2) is 19.0 Å². The molecule has 1 aliphatic rings. The third-order valence-corrected chi connectivity index (χ3v) is 3.71. The van der Waals surface area contributed by atoms with E-state index in [0.29, 0.717) is 0 Å². The predicted octanol–water partition coefficient (Wildman–Crippen LogP) is 2.94. The maximum absolute atomic E-state index is 7.44. The third kappa shape index (κ3) is 4.52. The first-order valence-corrected chi connectivity index (χ1v) is 6.44. The molecule has 0 bridgehead atoms. The van der Waals surface area contributed by atoms with E-state index in [-0.39, 0.29) is 11.3 Å². The molecule has 0 radical (unpaired) electrons. The van der Waals surface area contributed by atoms with Crippen molar-refractivity contribution < 1.29 is 4.74 Å². The fourth-order valence-corrected chi connectivity index (χ4v) is 1.88. The van der Waals surface area contributed by atoms with Crippen molar-refractivity contribution in [1.82, 2.24) is 0 Å². The maximum Gasteiger partial charge on any atom is 0.0963 e. The van der Waals surface area contributed by atoms with Crippen LogP contribution in [-0.2, 0) is 4.74 Å². The standard InChI is InChI=1S/C13H26N2O/c1-13(2,12(14)15)8-4-9-16-10-7-11-5-3-6-11/h11H,3-10H2,1-2H3,(H3,14,15). The number of ether oxygens (including phenoxy) is 1. The second-order valence-corrected chi connectivity index (χ2v) is 5.60. The van der Waals surface area contributed by atoms with E-state index in [1.54, 1.807) is 0 Å². The summed E-state index contributed by atoms with van der Waals surface area (Å²) in [4.78, 5) is 0. The third-order valence-electron chi connectivity index (χ3n) is 3.71. The lowest BCUT2D eigenvalue weighted by Gasteiger charge is -2.25. The predicted molar refractivity (Wildman–Crippen MR) is 67.7 cm³/mol. The first kappa shape index (κ1) is 13.5. The molecule has 0 aromatic rings. The summed E-state index contributed by atoms with van der Waals surface area (Å²) >= 11 is 0. The quantitative estimate of drug-likeness (QED) is 0.380. The second kappa shape index (κ2) is 6.24. The summed E-state index contributed by atoms with van der Waals surface area (Å²) in [7, 11) is 0. The second-order valence-electron chi connectivity index (χ2n) is 5.60. The Bertz CT molecular complexity index is 222. The molecule has 0 amide bonds. The van der Waals surface area contributed by atoms with Crippen molar-refractivity contribution in [3.8, 4) is 0 Å². The maximum atomic E-state index is 7.44. The average molecular weight is 226 g/mol. The normalized spacial score (nSPS) is 17.1. The van der Waals surface area contributed by atoms with Crippen LogP contribution in [0.25, 0.3) is 0 Å². The van der Waals surface area contributed by atoms with E-state index in [9.17, 15) is 0 Å². The molecule has 1 fully saturated rings. The van der Waals surface area contributed by atoms with Crippen molar-refractivity contribution in [2.75, 3.05) is 13.2 Å². The van der Waals surface area contributed by atoms with Gasteiger partial charge in [-0.2, -0.15) is 0 Å². The summed E-state index contributed by atoms with van der Waals surface area (Å²) in [5.74, 6) is 1.22. The number of amidine groups is 1. The first-order chi connectivity index (χ1) is 7.52. The zero-order valence-corrected chi connectivity index (χ0v) is 10.7. The zero-order valence-electron chi connectivity index (χ0n) is 10.7. The van der Waals surface area contributed by atoms with Crippen LogP contribution in [0.5, 0.6) is 0 Å². The molecule has 0 saturated heterocycles. The molecule has 1 rings (SSSR count). The van der Waals surface area contributed by atoms with Crippen LogP contribution in [0, 0.1) is 16.7 Å². The van der Waals surface area contributed by atoms with Gasteiger partial charge in [0, 0.05) is 18.6 Å². The molecule has 0 aromatic carbocycles. The fourth-order valence-electron chi connectivity index (χ4n) is 1.88. The van der Waals surface area contributed by atoms with Crippen LogP contribution < -0.4 is 5.73 Å². The SMILES string of the molecule is CC(C)(CCCOCCC1CCC1)C(=N)N. The molecule has 0 atom stereocenters. The molecule has 1 saturated carbocycles. The number of nitrogens with one attached hydrogen (secondary N) is 1. The van der Waals surface area contributed by atoms with Crippen molar-refractivity contribution in [3.05, 3.63) is 0 Å². The highest BCUT2D eigenvalue weighted by Gasteiger charge is 2.20. The van der Waals surface area contributed by atoms with Gasteiger partial charge in [-0.05, 0) is 25.2 Å². The van der Waals surface area contributed by atoms with Crippen LogP contribution in [0.1, 0.15) is 52.4 Å². The highest BCUT2D eigenvalue weighted by molar-refractivity contribution is 5.82. The van der Waals surface area contributed by atoms with Crippen LogP contribution >= 0.6 is 0 Å². The number of nitrogens with two attached hydrogens (primary N) is 1. The Hall–Kier alpha value is -0.570. The number of hydrogen-bond acceptors (Lipinski definition) is 2. The van der Waals surface area contributed by atoms with Crippen LogP contribution in [0.2, 0.25) is 0 Å². The molecule has 1 aliphatic carbocycles. The molecule has 3 heteroatoms. The molecule has 0 aromatic heterocycles. The van der Waals surface area contributed by atoms with Gasteiger partial charge in [0.1, 0.15) is 0 Å². The lowest BCUT2D eigenvalue weighted by atomic mass is 9.83. The van der Waals surface area contributed by atoms with Gasteiger partial charge in [-0.3, -0.25) is 5.41 Å². The lowest BCUT2D eigenvalue weighted by Crippen LogP contribution is -2.31. The Morgan fingerprint density at radius 1 is 1.38 bits per heavy atom. The molecular formula is C13H26N2O. The Labute approximate surface area is 99.3 Å². The molecule has 0 spiro atoms. The lowest BCUT2D eigenvalue weighted by molar-refractivity contribution is 0.100. The molecule has 16 heavy (non-hydrogen) atoms. The van der Waals surface area contributed by atoms with Crippen LogP contribution in [0.3, 0.4) is 0 Å². The smallest absolute Gasteiger partial charge is 0.0963 e. The summed E-state index contributed by atoms with van der Waals surface area (Å²) in [6.45, 7) is 5.75. The van der Waals surface area contributed by atoms with Crippen molar-refractivity contribution >= 4 is 5.84 Å². The molecule has 0 unspecified atom stereocenters. The van der Waals surface area contributed by atoms with E-state index < -0.39 is 0 Å². The monoisotopic (exact) mass is 226 g/mol. The molecule has 0 heterocycles. The van der Waals surface area contributed by atoms with Crippen LogP contribution in [0.15, 0.2) is 0 Å². The van der Waals surface area contributed by atoms with Gasteiger partial charge in [0.15, 0.2) is 0 Å². The Balaban J connectivity index is 1.92. The van der Waals surface area contributed by atoms with Gasteiger partial charge < -0.3 is 10.5 Å². The Morgan fingerprint density at radius 3 is 2.56 bits per heavy atom. The molecule has 94 valence electrons. The summed E-state index contributed by atoms with van der Waals surface area (Å²) in [6, 6.07) is 0. The topological polar surface area (TPSA) is 59.1 Å². The van der Waals surface area contributed by atoms with E-state index in [4.69, 9.17) is 15.9 Å².